The van der Waals surface area contributed by atoms with E-state index in [2.05, 4.69) is 10.0 Å². The van der Waals surface area contributed by atoms with Crippen LogP contribution in [0.3, 0.4) is 0 Å². The van der Waals surface area contributed by atoms with E-state index in [-0.39, 0.29) is 39.4 Å². The van der Waals surface area contributed by atoms with Gasteiger partial charge in [-0.1, -0.05) is 54.8 Å². The van der Waals surface area contributed by atoms with Crippen LogP contribution < -0.4 is 10.0 Å². The summed E-state index contributed by atoms with van der Waals surface area (Å²) in [6, 6.07) is 11.5. The number of nitrogens with zero attached hydrogens (tertiary/aromatic N) is 2. The first-order chi connectivity index (χ1) is 21.8. The Morgan fingerprint density at radius 3 is 2.57 bits per heavy atom. The number of aliphatic carboxylic acids is 1. The number of benzene rings is 2. The Hall–Kier alpha value is -1.42. The molecule has 46 heavy (non-hydrogen) atoms. The average Bonchev–Trinajstić information content (AvgIpc) is 3.63. The van der Waals surface area contributed by atoms with Gasteiger partial charge in [-0.05, 0) is 49.5 Å². The second-order valence-electron chi connectivity index (χ2n) is 11.7. The molecule has 3 aliphatic rings. The summed E-state index contributed by atoms with van der Waals surface area (Å²) in [5.74, 6) is 0.174. The van der Waals surface area contributed by atoms with Crippen LogP contribution in [-0.2, 0) is 30.7 Å². The van der Waals surface area contributed by atoms with E-state index in [1.807, 2.05) is 41.7 Å². The van der Waals surface area contributed by atoms with Crippen molar-refractivity contribution in [2.75, 3.05) is 42.7 Å². The van der Waals surface area contributed by atoms with Crippen LogP contribution in [0.4, 0.5) is 5.69 Å². The number of unbranched alkanes of at least 4 members (excludes halogenated alkanes) is 2. The summed E-state index contributed by atoms with van der Waals surface area (Å²) in [5, 5.41) is 13.2. The lowest BCUT2D eigenvalue weighted by atomic mass is 10.1. The number of anilines is 1. The topological polar surface area (TPSA) is 156 Å². The van der Waals surface area contributed by atoms with Gasteiger partial charge in [-0.25, -0.2) is 22.2 Å². The van der Waals surface area contributed by atoms with Crippen molar-refractivity contribution in [2.24, 2.45) is 0 Å². The van der Waals surface area contributed by atoms with E-state index in [4.69, 9.17) is 11.6 Å². The molecule has 2 aromatic carbocycles. The summed E-state index contributed by atoms with van der Waals surface area (Å²) < 4.78 is 43.3. The molecule has 1 spiro atoms. The number of carboxylic acid groups (broad SMARTS) is 1. The molecule has 1 amide bonds. The molecule has 0 bridgehead atoms. The summed E-state index contributed by atoms with van der Waals surface area (Å²) in [6.45, 7) is 0.434. The van der Waals surface area contributed by atoms with E-state index in [0.717, 1.165) is 40.5 Å². The third-order valence-electron chi connectivity index (χ3n) is 8.21. The summed E-state index contributed by atoms with van der Waals surface area (Å²) in [6.07, 6.45) is 2.34. The lowest BCUT2D eigenvalue weighted by Gasteiger charge is -2.35. The summed E-state index contributed by atoms with van der Waals surface area (Å²) >= 11 is 11.2. The highest BCUT2D eigenvalue weighted by Crippen LogP contribution is 2.52. The number of hydrogen-bond acceptors (Lipinski definition) is 10. The van der Waals surface area contributed by atoms with E-state index in [9.17, 15) is 32.6 Å². The Morgan fingerprint density at radius 2 is 1.87 bits per heavy atom. The van der Waals surface area contributed by atoms with E-state index in [0.29, 0.717) is 19.3 Å². The zero-order chi connectivity index (χ0) is 33.1. The van der Waals surface area contributed by atoms with Crippen LogP contribution >= 0.6 is 54.4 Å². The normalized spacial score (nSPS) is 22.4. The van der Waals surface area contributed by atoms with Crippen LogP contribution in [0.2, 0.25) is 5.02 Å². The number of thioether (sulfide) groups is 2. The lowest BCUT2D eigenvalue weighted by Crippen LogP contribution is -2.42. The van der Waals surface area contributed by atoms with Gasteiger partial charge >= 0.3 is 5.97 Å². The number of nitrogens with one attached hydrogen (secondary N) is 2. The van der Waals surface area contributed by atoms with Gasteiger partial charge in [-0.2, -0.15) is 0 Å². The molecular weight excluding hydrogens is 711 g/mol. The molecule has 0 radical (unpaired) electrons. The molecule has 3 heterocycles. The SMILES string of the molecule is CN1Sc2cc(S(=O)(=O)NCc3ccccc3)c(Cl)cc2NC1CCCCCP(=O)(O)CC(=O)N1CC2(C[C@H]1C(=O)O)SCCS2. The third kappa shape index (κ3) is 8.78. The fraction of sp³-hybridized carbons (Fsp3) is 0.517. The number of amides is 1. The molecule has 0 aromatic heterocycles. The lowest BCUT2D eigenvalue weighted by molar-refractivity contribution is -0.147. The quantitative estimate of drug-likeness (QED) is 0.121. The standard InChI is InChI=1S/C29H38ClN4O7PS4/c1-33-26(32-22-14-21(30)25(15-24(22)45-33)46(40,41)31-17-20-8-4-2-5-9-20)10-6-3-7-11-42(38,39)18-27(35)34-19-29(43-12-13-44-29)16-23(34)28(36)37/h2,4-5,8-9,14-15,23,26,31-32H,3,6-7,10-13,16-19H2,1H3,(H,36,37)(H,38,39)/t23-,26?/m0/s1. The third-order valence-corrected chi connectivity index (χ3v) is 16.4. The second-order valence-corrected chi connectivity index (χ2v) is 20.7. The fourth-order valence-corrected chi connectivity index (χ4v) is 13.2. The van der Waals surface area contributed by atoms with Crippen molar-refractivity contribution in [2.45, 2.75) is 64.7 Å². The van der Waals surface area contributed by atoms with E-state index in [1.165, 1.54) is 16.8 Å². The molecule has 2 aromatic rings. The van der Waals surface area contributed by atoms with Crippen molar-refractivity contribution in [3.05, 3.63) is 53.1 Å². The van der Waals surface area contributed by atoms with Gasteiger partial charge in [0.2, 0.25) is 23.3 Å². The molecule has 252 valence electrons. The zero-order valence-electron chi connectivity index (χ0n) is 25.3. The molecule has 2 unspecified atom stereocenters. The maximum atomic E-state index is 13.0. The monoisotopic (exact) mass is 748 g/mol. The maximum Gasteiger partial charge on any atom is 0.326 e. The number of carboxylic acids is 1. The Kier molecular flexibility index (Phi) is 11.7. The molecule has 2 saturated heterocycles. The Balaban J connectivity index is 1.09. The fourth-order valence-electron chi connectivity index (χ4n) is 5.81. The smallest absolute Gasteiger partial charge is 0.326 e. The zero-order valence-corrected chi connectivity index (χ0v) is 30.2. The first-order valence-corrected chi connectivity index (χ1v) is 21.6. The number of sulfonamides is 1. The van der Waals surface area contributed by atoms with Crippen molar-refractivity contribution < 1.29 is 32.6 Å². The van der Waals surface area contributed by atoms with Gasteiger partial charge in [-0.3, -0.25) is 9.36 Å². The highest BCUT2D eigenvalue weighted by molar-refractivity contribution is 8.21. The van der Waals surface area contributed by atoms with Gasteiger partial charge in [0.15, 0.2) is 0 Å². The first kappa shape index (κ1) is 35.9. The predicted molar refractivity (Wildman–Crippen MR) is 186 cm³/mol. The van der Waals surface area contributed by atoms with Crippen LogP contribution in [0.5, 0.6) is 0 Å². The van der Waals surface area contributed by atoms with Crippen LogP contribution in [0.15, 0.2) is 52.3 Å². The molecule has 3 atom stereocenters. The number of hydrogen-bond donors (Lipinski definition) is 4. The van der Waals surface area contributed by atoms with Crippen molar-refractivity contribution >= 4 is 82.0 Å². The van der Waals surface area contributed by atoms with Gasteiger partial charge in [0.25, 0.3) is 0 Å². The molecule has 4 N–H and O–H groups in total. The Labute approximate surface area is 287 Å². The number of fused-ring (bicyclic) bond motifs is 1. The molecule has 17 heteroatoms. The minimum Gasteiger partial charge on any atom is -0.480 e. The van der Waals surface area contributed by atoms with Crippen LogP contribution in [0.25, 0.3) is 0 Å². The molecule has 0 aliphatic carbocycles. The van der Waals surface area contributed by atoms with Crippen LogP contribution in [-0.4, -0.2) is 93.2 Å². The summed E-state index contributed by atoms with van der Waals surface area (Å²) in [4.78, 5) is 37.5. The van der Waals surface area contributed by atoms with Gasteiger partial charge in [0.05, 0.1) is 21.0 Å². The Morgan fingerprint density at radius 1 is 1.15 bits per heavy atom. The maximum absolute atomic E-state index is 13.0. The van der Waals surface area contributed by atoms with Crippen LogP contribution in [0, 0.1) is 0 Å². The van der Waals surface area contributed by atoms with Gasteiger partial charge in [0.1, 0.15) is 17.1 Å². The van der Waals surface area contributed by atoms with Crippen LogP contribution in [0.1, 0.15) is 37.7 Å². The minimum absolute atomic E-state index is 0.00432. The highest BCUT2D eigenvalue weighted by atomic mass is 35.5. The van der Waals surface area contributed by atoms with Gasteiger partial charge in [-0.15, -0.1) is 23.5 Å². The molecule has 2 fully saturated rings. The predicted octanol–water partition coefficient (Wildman–Crippen LogP) is 5.20. The highest BCUT2D eigenvalue weighted by Gasteiger charge is 2.51. The van der Waals surface area contributed by atoms with E-state index < -0.39 is 41.5 Å². The van der Waals surface area contributed by atoms with E-state index in [1.54, 1.807) is 35.7 Å². The van der Waals surface area contributed by atoms with Gasteiger partial charge in [0, 0.05) is 42.1 Å². The number of carbonyl (C=O) groups is 2. The van der Waals surface area contributed by atoms with Gasteiger partial charge < -0.3 is 20.2 Å². The minimum atomic E-state index is -3.85. The Bertz CT molecular complexity index is 1600. The summed E-state index contributed by atoms with van der Waals surface area (Å²) in [7, 11) is -5.71. The number of halogens is 1. The first-order valence-electron chi connectivity index (χ1n) is 14.9. The molecule has 11 nitrogen and oxygen atoms in total. The van der Waals surface area contributed by atoms with E-state index >= 15 is 0 Å². The molecule has 0 saturated carbocycles. The summed E-state index contributed by atoms with van der Waals surface area (Å²) in [5.41, 5.74) is 1.57. The molecule has 3 aliphatic heterocycles. The van der Waals surface area contributed by atoms with Crippen molar-refractivity contribution in [1.82, 2.24) is 13.9 Å². The van der Waals surface area contributed by atoms with Crippen molar-refractivity contribution in [3.63, 3.8) is 0 Å². The average molecular weight is 749 g/mol. The largest absolute Gasteiger partial charge is 0.480 e. The number of carbonyl (C=O) groups excluding carboxylic acids is 1. The second kappa shape index (κ2) is 15.0. The number of likely N-dealkylation sites (tertiary alicyclic amines) is 1. The molecule has 5 rings (SSSR count). The molecular formula is C29H38ClN4O7PS4. The number of rotatable bonds is 13. The van der Waals surface area contributed by atoms with Crippen molar-refractivity contribution in [3.8, 4) is 0 Å². The van der Waals surface area contributed by atoms with Crippen molar-refractivity contribution in [1.29, 1.82) is 0 Å².